The summed E-state index contributed by atoms with van der Waals surface area (Å²) in [5, 5.41) is 16.4. The molecule has 1 aliphatic rings. The third kappa shape index (κ3) is 3.55. The molecule has 0 spiro atoms. The molecule has 0 radical (unpaired) electrons. The molecule has 3 aromatic rings. The number of aromatic nitrogens is 4. The molecule has 0 fully saturated rings. The number of hydrogen-bond acceptors (Lipinski definition) is 6. The van der Waals surface area contributed by atoms with Crippen LogP contribution >= 0.6 is 0 Å². The summed E-state index contributed by atoms with van der Waals surface area (Å²) < 4.78 is 0. The lowest BCUT2D eigenvalue weighted by molar-refractivity contribution is -0.118. The Balaban J connectivity index is 1.65. The number of dihydropyridines is 1. The standard InChI is InChI=1S/C21H18N6O/c22-20(28)12-21(10-8-17(23-14-21)16-9-11-24-25-13-16)19-7-6-18(26-27-19)15-4-2-1-3-5-15/h1-11,13H,12,14H2,(H2,22,28). The smallest absolute Gasteiger partial charge is 0.218 e. The lowest BCUT2D eigenvalue weighted by atomic mass is 9.78. The highest BCUT2D eigenvalue weighted by atomic mass is 16.1. The molecule has 28 heavy (non-hydrogen) atoms. The molecule has 2 aromatic heterocycles. The zero-order valence-electron chi connectivity index (χ0n) is 15.1. The molecule has 0 aliphatic carbocycles. The van der Waals surface area contributed by atoms with Crippen molar-refractivity contribution in [3.8, 4) is 11.3 Å². The van der Waals surface area contributed by atoms with Crippen LogP contribution in [-0.4, -0.2) is 38.6 Å². The van der Waals surface area contributed by atoms with Crippen molar-refractivity contribution in [1.82, 2.24) is 20.4 Å². The molecule has 138 valence electrons. The Morgan fingerprint density at radius 2 is 1.86 bits per heavy atom. The molecule has 1 amide bonds. The van der Waals surface area contributed by atoms with E-state index >= 15 is 0 Å². The maximum atomic E-state index is 11.8. The number of nitrogens with two attached hydrogens (primary N) is 1. The number of aliphatic imine (C=N–C) groups is 1. The highest BCUT2D eigenvalue weighted by Gasteiger charge is 2.35. The topological polar surface area (TPSA) is 107 Å². The van der Waals surface area contributed by atoms with Crippen LogP contribution in [0.1, 0.15) is 17.7 Å². The van der Waals surface area contributed by atoms with Gasteiger partial charge in [-0.25, -0.2) is 0 Å². The van der Waals surface area contributed by atoms with Gasteiger partial charge in [-0.3, -0.25) is 9.79 Å². The summed E-state index contributed by atoms with van der Waals surface area (Å²) in [4.78, 5) is 16.4. The molecule has 7 nitrogen and oxygen atoms in total. The molecule has 0 saturated carbocycles. The molecule has 2 N–H and O–H groups in total. The first-order valence-electron chi connectivity index (χ1n) is 8.85. The van der Waals surface area contributed by atoms with Gasteiger partial charge in [0.25, 0.3) is 0 Å². The second-order valence-electron chi connectivity index (χ2n) is 6.63. The van der Waals surface area contributed by atoms with Crippen LogP contribution in [0.5, 0.6) is 0 Å². The zero-order chi connectivity index (χ0) is 19.4. The fraction of sp³-hybridized carbons (Fsp3) is 0.143. The van der Waals surface area contributed by atoms with Gasteiger partial charge in [0.2, 0.25) is 5.91 Å². The molecular weight excluding hydrogens is 352 g/mol. The predicted octanol–water partition coefficient (Wildman–Crippen LogP) is 2.11. The maximum Gasteiger partial charge on any atom is 0.218 e. The van der Waals surface area contributed by atoms with Crippen LogP contribution in [-0.2, 0) is 10.2 Å². The van der Waals surface area contributed by atoms with Crippen molar-refractivity contribution in [3.05, 3.63) is 84.3 Å². The lowest BCUT2D eigenvalue weighted by Gasteiger charge is -2.29. The van der Waals surface area contributed by atoms with Gasteiger partial charge in [-0.05, 0) is 24.3 Å². The molecule has 1 aliphatic heterocycles. The summed E-state index contributed by atoms with van der Waals surface area (Å²) >= 11 is 0. The van der Waals surface area contributed by atoms with Gasteiger partial charge in [-0.2, -0.15) is 20.4 Å². The van der Waals surface area contributed by atoms with Crippen molar-refractivity contribution in [2.45, 2.75) is 11.8 Å². The van der Waals surface area contributed by atoms with E-state index in [9.17, 15) is 4.79 Å². The van der Waals surface area contributed by atoms with E-state index < -0.39 is 11.3 Å². The Kier molecular flexibility index (Phi) is 4.72. The summed E-state index contributed by atoms with van der Waals surface area (Å²) in [5.41, 5.74) is 8.88. The third-order valence-electron chi connectivity index (χ3n) is 4.71. The van der Waals surface area contributed by atoms with Crippen LogP contribution in [0, 0.1) is 0 Å². The number of carbonyl (C=O) groups is 1. The first-order valence-corrected chi connectivity index (χ1v) is 8.85. The molecule has 4 rings (SSSR count). The number of primary amides is 1. The fourth-order valence-corrected chi connectivity index (χ4v) is 3.24. The zero-order valence-corrected chi connectivity index (χ0v) is 15.1. The van der Waals surface area contributed by atoms with E-state index in [1.165, 1.54) is 0 Å². The number of rotatable bonds is 5. The predicted molar refractivity (Wildman–Crippen MR) is 106 cm³/mol. The van der Waals surface area contributed by atoms with Crippen LogP contribution in [0.15, 0.2) is 78.1 Å². The summed E-state index contributed by atoms with van der Waals surface area (Å²) in [6, 6.07) is 15.4. The van der Waals surface area contributed by atoms with Crippen molar-refractivity contribution in [1.29, 1.82) is 0 Å². The number of allylic oxidation sites excluding steroid dienone is 1. The normalized spacial score (nSPS) is 18.5. The van der Waals surface area contributed by atoms with E-state index in [4.69, 9.17) is 5.73 Å². The first kappa shape index (κ1) is 17.7. The molecule has 1 aromatic carbocycles. The van der Waals surface area contributed by atoms with Crippen molar-refractivity contribution in [2.75, 3.05) is 6.54 Å². The Hall–Kier alpha value is -3.74. The number of carbonyl (C=O) groups excluding carboxylic acids is 1. The minimum Gasteiger partial charge on any atom is -0.370 e. The minimum atomic E-state index is -0.710. The second kappa shape index (κ2) is 7.48. The van der Waals surface area contributed by atoms with Crippen LogP contribution in [0.25, 0.3) is 11.3 Å². The largest absolute Gasteiger partial charge is 0.370 e. The Morgan fingerprint density at radius 1 is 1.00 bits per heavy atom. The van der Waals surface area contributed by atoms with Crippen LogP contribution in [0.4, 0.5) is 0 Å². The third-order valence-corrected chi connectivity index (χ3v) is 4.71. The van der Waals surface area contributed by atoms with Crippen LogP contribution < -0.4 is 5.73 Å². The molecule has 7 heteroatoms. The van der Waals surface area contributed by atoms with E-state index in [0.29, 0.717) is 12.2 Å². The Labute approximate surface area is 162 Å². The quantitative estimate of drug-likeness (QED) is 0.740. The van der Waals surface area contributed by atoms with E-state index in [1.54, 1.807) is 12.4 Å². The van der Waals surface area contributed by atoms with Gasteiger partial charge in [0, 0.05) is 17.5 Å². The average molecular weight is 370 g/mol. The van der Waals surface area contributed by atoms with Crippen molar-refractivity contribution in [3.63, 3.8) is 0 Å². The van der Waals surface area contributed by atoms with Crippen LogP contribution in [0.3, 0.4) is 0 Å². The summed E-state index contributed by atoms with van der Waals surface area (Å²) in [6.45, 7) is 0.351. The molecule has 1 unspecified atom stereocenters. The fourth-order valence-electron chi connectivity index (χ4n) is 3.24. The number of amides is 1. The van der Waals surface area contributed by atoms with E-state index in [1.807, 2.05) is 60.7 Å². The highest BCUT2D eigenvalue weighted by Crippen LogP contribution is 2.32. The Morgan fingerprint density at radius 3 is 2.46 bits per heavy atom. The lowest BCUT2D eigenvalue weighted by Crippen LogP contribution is -2.36. The van der Waals surface area contributed by atoms with Gasteiger partial charge in [-0.15, -0.1) is 0 Å². The van der Waals surface area contributed by atoms with Gasteiger partial charge in [-0.1, -0.05) is 36.4 Å². The molecule has 0 saturated heterocycles. The van der Waals surface area contributed by atoms with Gasteiger partial charge in [0.15, 0.2) is 0 Å². The van der Waals surface area contributed by atoms with E-state index in [0.717, 1.165) is 22.5 Å². The summed E-state index contributed by atoms with van der Waals surface area (Å²) in [7, 11) is 0. The molecule has 3 heterocycles. The molecule has 0 bridgehead atoms. The van der Waals surface area contributed by atoms with Crippen LogP contribution in [0.2, 0.25) is 0 Å². The Bertz CT molecular complexity index is 1030. The molecule has 1 atom stereocenters. The first-order chi connectivity index (χ1) is 13.7. The van der Waals surface area contributed by atoms with Gasteiger partial charge in [0.05, 0.1) is 41.5 Å². The summed E-state index contributed by atoms with van der Waals surface area (Å²) in [6.07, 6.45) is 7.18. The summed E-state index contributed by atoms with van der Waals surface area (Å²) in [5.74, 6) is -0.414. The van der Waals surface area contributed by atoms with Crippen molar-refractivity contribution >= 4 is 11.6 Å². The number of hydrogen-bond donors (Lipinski definition) is 1. The number of nitrogens with zero attached hydrogens (tertiary/aromatic N) is 5. The van der Waals surface area contributed by atoms with Gasteiger partial charge >= 0.3 is 0 Å². The monoisotopic (exact) mass is 370 g/mol. The highest BCUT2D eigenvalue weighted by molar-refractivity contribution is 6.09. The van der Waals surface area contributed by atoms with Crippen molar-refractivity contribution in [2.24, 2.45) is 10.7 Å². The van der Waals surface area contributed by atoms with Gasteiger partial charge in [0.1, 0.15) is 0 Å². The maximum absolute atomic E-state index is 11.8. The van der Waals surface area contributed by atoms with Crippen molar-refractivity contribution < 1.29 is 4.79 Å². The molecular formula is C21H18N6O. The average Bonchev–Trinajstić information content (AvgIpc) is 2.75. The SMILES string of the molecule is NC(=O)CC1(c2ccc(-c3ccccc3)nn2)C=CC(c2ccnnc2)=NC1. The minimum absolute atomic E-state index is 0.105. The van der Waals surface area contributed by atoms with Gasteiger partial charge < -0.3 is 5.73 Å². The van der Waals surface area contributed by atoms with E-state index in [-0.39, 0.29) is 6.42 Å². The van der Waals surface area contributed by atoms with E-state index in [2.05, 4.69) is 25.4 Å². The number of benzene rings is 1. The second-order valence-corrected chi connectivity index (χ2v) is 6.63.